The van der Waals surface area contributed by atoms with E-state index in [1.165, 1.54) is 52.7 Å². The third-order valence-corrected chi connectivity index (χ3v) is 9.07. The van der Waals surface area contributed by atoms with Crippen molar-refractivity contribution in [1.82, 2.24) is 0 Å². The van der Waals surface area contributed by atoms with E-state index in [0.717, 1.165) is 30.6 Å². The highest BCUT2D eigenvalue weighted by molar-refractivity contribution is 5.99. The van der Waals surface area contributed by atoms with Gasteiger partial charge in [-0.25, -0.2) is 0 Å². The molecule has 7 rings (SSSR count). The monoisotopic (exact) mass is 432 g/mol. The lowest BCUT2D eigenvalue weighted by Crippen LogP contribution is -2.25. The van der Waals surface area contributed by atoms with E-state index in [1.54, 1.807) is 11.1 Å². The summed E-state index contributed by atoms with van der Waals surface area (Å²) in [4.78, 5) is 0. The summed E-state index contributed by atoms with van der Waals surface area (Å²) in [6.45, 7) is 2.99. The van der Waals surface area contributed by atoms with Gasteiger partial charge in [-0.05, 0) is 107 Å². The lowest BCUT2D eigenvalue weighted by atomic mass is 9.73. The molecule has 0 unspecified atom stereocenters. The topological polar surface area (TPSA) is 9.23 Å². The summed E-state index contributed by atoms with van der Waals surface area (Å²) in [5.41, 5.74) is 12.0. The SMILES string of the molecule is Cc1cccc2c1/C(=C1/c3ccccc3[C@H]3[C@@H]4CC[C@@H](C4)[C@@H]13)[C@@H](OCc1ccccc1)CC2. The van der Waals surface area contributed by atoms with Crippen molar-refractivity contribution in [2.45, 2.75) is 57.7 Å². The molecule has 0 aliphatic heterocycles. The highest BCUT2D eigenvalue weighted by Gasteiger charge is 2.55. The quantitative estimate of drug-likeness (QED) is 0.414. The van der Waals surface area contributed by atoms with Crippen LogP contribution in [0.2, 0.25) is 0 Å². The van der Waals surface area contributed by atoms with Gasteiger partial charge in [-0.3, -0.25) is 0 Å². The molecule has 0 saturated heterocycles. The Morgan fingerprint density at radius 2 is 1.55 bits per heavy atom. The number of fused-ring (bicyclic) bond motifs is 8. The van der Waals surface area contributed by atoms with Crippen LogP contribution in [-0.2, 0) is 17.8 Å². The molecule has 0 aromatic heterocycles. The van der Waals surface area contributed by atoms with E-state index in [1.807, 2.05) is 0 Å². The molecule has 5 atom stereocenters. The maximum absolute atomic E-state index is 6.79. The first-order valence-electron chi connectivity index (χ1n) is 12.9. The van der Waals surface area contributed by atoms with Crippen LogP contribution in [0.3, 0.4) is 0 Å². The van der Waals surface area contributed by atoms with Crippen molar-refractivity contribution in [3.8, 4) is 0 Å². The molecule has 4 aliphatic rings. The van der Waals surface area contributed by atoms with Gasteiger partial charge >= 0.3 is 0 Å². The van der Waals surface area contributed by atoms with Gasteiger partial charge in [-0.15, -0.1) is 0 Å². The van der Waals surface area contributed by atoms with Crippen LogP contribution in [0.15, 0.2) is 72.8 Å². The fraction of sp³-hybridized carbons (Fsp3) is 0.375. The lowest BCUT2D eigenvalue weighted by molar-refractivity contribution is 0.0711. The zero-order valence-corrected chi connectivity index (χ0v) is 19.5. The van der Waals surface area contributed by atoms with Crippen LogP contribution >= 0.6 is 0 Å². The van der Waals surface area contributed by atoms with Crippen LogP contribution in [0.5, 0.6) is 0 Å². The van der Waals surface area contributed by atoms with Crippen LogP contribution in [0, 0.1) is 24.7 Å². The minimum atomic E-state index is 0.166. The van der Waals surface area contributed by atoms with Gasteiger partial charge < -0.3 is 4.74 Å². The summed E-state index contributed by atoms with van der Waals surface area (Å²) in [5.74, 6) is 3.14. The van der Waals surface area contributed by atoms with Crippen LogP contribution in [0.25, 0.3) is 11.1 Å². The largest absolute Gasteiger partial charge is 0.369 e. The minimum absolute atomic E-state index is 0.166. The molecule has 4 aliphatic carbocycles. The highest BCUT2D eigenvalue weighted by atomic mass is 16.5. The number of benzene rings is 3. The Morgan fingerprint density at radius 1 is 0.758 bits per heavy atom. The standard InChI is InChI=1S/C32H32O/c1-20-8-7-11-22-16-17-27(33-19-21-9-3-2-4-10-21)32(28(20)22)31-26-13-6-5-12-25(26)29-23-14-15-24(18-23)30(29)31/h2-13,23-24,27,29-30H,14-19H2,1H3/b32-31-/t23-,24+,27+,29-,30-/m1/s1. The molecule has 1 nitrogen and oxygen atoms in total. The summed E-state index contributed by atoms with van der Waals surface area (Å²) in [7, 11) is 0. The second-order valence-corrected chi connectivity index (χ2v) is 10.7. The van der Waals surface area contributed by atoms with Gasteiger partial charge in [0.2, 0.25) is 0 Å². The van der Waals surface area contributed by atoms with Gasteiger partial charge in [-0.1, -0.05) is 72.8 Å². The van der Waals surface area contributed by atoms with Crippen molar-refractivity contribution >= 4 is 11.1 Å². The van der Waals surface area contributed by atoms with Crippen molar-refractivity contribution in [2.24, 2.45) is 17.8 Å². The Morgan fingerprint density at radius 3 is 2.42 bits per heavy atom. The number of ether oxygens (including phenoxy) is 1. The number of rotatable bonds is 3. The second kappa shape index (κ2) is 7.71. The molecule has 3 aromatic rings. The third-order valence-electron chi connectivity index (χ3n) is 9.07. The zero-order valence-electron chi connectivity index (χ0n) is 19.5. The average Bonchev–Trinajstić information content (AvgIpc) is 3.55. The second-order valence-electron chi connectivity index (χ2n) is 10.7. The van der Waals surface area contributed by atoms with Gasteiger partial charge in [-0.2, -0.15) is 0 Å². The van der Waals surface area contributed by atoms with Gasteiger partial charge in [0.05, 0.1) is 12.7 Å². The third kappa shape index (κ3) is 3.02. The van der Waals surface area contributed by atoms with E-state index in [2.05, 4.69) is 79.7 Å². The molecule has 33 heavy (non-hydrogen) atoms. The van der Waals surface area contributed by atoms with E-state index >= 15 is 0 Å². The summed E-state index contributed by atoms with van der Waals surface area (Å²) in [6.07, 6.45) is 6.61. The normalized spacial score (nSPS) is 31.4. The summed E-state index contributed by atoms with van der Waals surface area (Å²) < 4.78 is 6.79. The Hall–Kier alpha value is -2.64. The Kier molecular flexibility index (Phi) is 4.62. The fourth-order valence-corrected chi connectivity index (χ4v) is 7.85. The molecule has 3 aromatic carbocycles. The van der Waals surface area contributed by atoms with E-state index in [9.17, 15) is 0 Å². The molecule has 2 saturated carbocycles. The van der Waals surface area contributed by atoms with E-state index in [4.69, 9.17) is 4.74 Å². The molecule has 2 bridgehead atoms. The van der Waals surface area contributed by atoms with Crippen LogP contribution in [0.4, 0.5) is 0 Å². The molecule has 166 valence electrons. The predicted molar refractivity (Wildman–Crippen MR) is 135 cm³/mol. The molecule has 1 heteroatoms. The first kappa shape index (κ1) is 19.8. The van der Waals surface area contributed by atoms with Crippen molar-refractivity contribution < 1.29 is 4.74 Å². The molecular weight excluding hydrogens is 400 g/mol. The van der Waals surface area contributed by atoms with E-state index < -0.39 is 0 Å². The zero-order chi connectivity index (χ0) is 21.9. The molecule has 0 amide bonds. The summed E-state index contributed by atoms with van der Waals surface area (Å²) in [5, 5.41) is 0. The van der Waals surface area contributed by atoms with Crippen molar-refractivity contribution in [1.29, 1.82) is 0 Å². The Balaban J connectivity index is 1.42. The minimum Gasteiger partial charge on any atom is -0.369 e. The number of hydrogen-bond donors (Lipinski definition) is 0. The highest BCUT2D eigenvalue weighted by Crippen LogP contribution is 2.67. The Bertz CT molecular complexity index is 1240. The van der Waals surface area contributed by atoms with Crippen molar-refractivity contribution in [3.63, 3.8) is 0 Å². The molecular formula is C32H32O. The smallest absolute Gasteiger partial charge is 0.0841 e. The van der Waals surface area contributed by atoms with Gasteiger partial charge in [0.1, 0.15) is 0 Å². The molecule has 0 N–H and O–H groups in total. The van der Waals surface area contributed by atoms with Crippen LogP contribution in [0.1, 0.15) is 65.0 Å². The average molecular weight is 433 g/mol. The maximum Gasteiger partial charge on any atom is 0.0841 e. The van der Waals surface area contributed by atoms with Crippen molar-refractivity contribution in [3.05, 3.63) is 106 Å². The lowest BCUT2D eigenvalue weighted by Gasteiger charge is -2.34. The number of hydrogen-bond acceptors (Lipinski definition) is 1. The molecule has 0 radical (unpaired) electrons. The first-order valence-corrected chi connectivity index (χ1v) is 12.9. The molecule has 0 spiro atoms. The van der Waals surface area contributed by atoms with Gasteiger partial charge in [0.15, 0.2) is 0 Å². The van der Waals surface area contributed by atoms with E-state index in [0.29, 0.717) is 12.5 Å². The van der Waals surface area contributed by atoms with Gasteiger partial charge in [0, 0.05) is 0 Å². The Labute approximate surface area is 197 Å². The van der Waals surface area contributed by atoms with Crippen LogP contribution < -0.4 is 0 Å². The number of aryl methyl sites for hydroxylation is 2. The predicted octanol–water partition coefficient (Wildman–Crippen LogP) is 7.58. The fourth-order valence-electron chi connectivity index (χ4n) is 7.85. The van der Waals surface area contributed by atoms with E-state index in [-0.39, 0.29) is 6.10 Å². The maximum atomic E-state index is 6.79. The molecule has 2 fully saturated rings. The summed E-state index contributed by atoms with van der Waals surface area (Å²) >= 11 is 0. The first-order chi connectivity index (χ1) is 16.3. The van der Waals surface area contributed by atoms with Crippen molar-refractivity contribution in [2.75, 3.05) is 0 Å². The molecule has 0 heterocycles. The van der Waals surface area contributed by atoms with Crippen LogP contribution in [-0.4, -0.2) is 6.10 Å². The number of allylic oxidation sites excluding steroid dienone is 1. The van der Waals surface area contributed by atoms with Gasteiger partial charge in [0.25, 0.3) is 0 Å². The summed E-state index contributed by atoms with van der Waals surface area (Å²) in [6, 6.07) is 27.0.